The van der Waals surface area contributed by atoms with Crippen molar-refractivity contribution >= 4 is 74.6 Å². The van der Waals surface area contributed by atoms with Gasteiger partial charge in [-0.25, -0.2) is 0 Å². The van der Waals surface area contributed by atoms with Crippen LogP contribution in [0.1, 0.15) is 0 Å². The predicted molar refractivity (Wildman–Crippen MR) is 206 cm³/mol. The van der Waals surface area contributed by atoms with Gasteiger partial charge < -0.3 is 0 Å². The minimum atomic E-state index is 1.25. The van der Waals surface area contributed by atoms with Crippen LogP contribution in [0.4, 0.5) is 0 Å². The molecule has 0 bridgehead atoms. The molecule has 0 unspecified atom stereocenters. The van der Waals surface area contributed by atoms with Crippen LogP contribution in [0.3, 0.4) is 0 Å². The van der Waals surface area contributed by atoms with Crippen LogP contribution in [0.5, 0.6) is 0 Å². The van der Waals surface area contributed by atoms with Gasteiger partial charge >= 0.3 is 0 Å². The Kier molecular flexibility index (Phi) is 5.85. The fourth-order valence-corrected chi connectivity index (χ4v) is 9.11. The number of benzene rings is 9. The van der Waals surface area contributed by atoms with Crippen LogP contribution in [0.2, 0.25) is 0 Å². The summed E-state index contributed by atoms with van der Waals surface area (Å²) < 4.78 is 2.68. The summed E-state index contributed by atoms with van der Waals surface area (Å²) in [6, 6.07) is 62.6. The van der Waals surface area contributed by atoms with Crippen molar-refractivity contribution in [3.05, 3.63) is 170 Å². The van der Waals surface area contributed by atoms with E-state index in [4.69, 9.17) is 0 Å². The molecule has 0 saturated carbocycles. The van der Waals surface area contributed by atoms with Gasteiger partial charge in [-0.15, -0.1) is 11.3 Å². The minimum Gasteiger partial charge on any atom is -0.135 e. The highest BCUT2D eigenvalue weighted by molar-refractivity contribution is 7.26. The molecule has 0 aliphatic rings. The number of hydrogen-bond donors (Lipinski definition) is 0. The number of fused-ring (bicyclic) bond motifs is 7. The SMILES string of the molecule is c1ccc(-c2c3ccccc3c(-c3ccc(-c4c5ccccc5cc5c4sc4ccccc45)c4ccccc34)c3ccccc23)cc1. The first-order valence-corrected chi connectivity index (χ1v) is 17.0. The maximum Gasteiger partial charge on any atom is 0.0440 e. The van der Waals surface area contributed by atoms with Crippen molar-refractivity contribution in [1.29, 1.82) is 0 Å². The van der Waals surface area contributed by atoms with Crippen LogP contribution in [-0.2, 0) is 0 Å². The van der Waals surface area contributed by atoms with Crippen LogP contribution in [0, 0.1) is 0 Å². The Morgan fingerprint density at radius 1 is 0.298 bits per heavy atom. The lowest BCUT2D eigenvalue weighted by Gasteiger charge is -2.20. The average Bonchev–Trinajstić information content (AvgIpc) is 3.51. The minimum absolute atomic E-state index is 1.25. The van der Waals surface area contributed by atoms with Crippen molar-refractivity contribution < 1.29 is 0 Å². The summed E-state index contributed by atoms with van der Waals surface area (Å²) in [5, 5.41) is 12.9. The molecule has 1 aromatic heterocycles. The summed E-state index contributed by atoms with van der Waals surface area (Å²) in [4.78, 5) is 0. The van der Waals surface area contributed by atoms with Gasteiger partial charge in [-0.05, 0) is 83.0 Å². The lowest BCUT2D eigenvalue weighted by Crippen LogP contribution is -1.92. The Morgan fingerprint density at radius 3 is 1.40 bits per heavy atom. The molecule has 0 spiro atoms. The monoisotopic (exact) mass is 612 g/mol. The topological polar surface area (TPSA) is 0 Å². The molecule has 0 saturated heterocycles. The van der Waals surface area contributed by atoms with Crippen molar-refractivity contribution in [3.63, 3.8) is 0 Å². The molecule has 0 N–H and O–H groups in total. The fourth-order valence-electron chi connectivity index (χ4n) is 7.86. The van der Waals surface area contributed by atoms with E-state index >= 15 is 0 Å². The maximum absolute atomic E-state index is 2.39. The molecule has 1 heteroatoms. The van der Waals surface area contributed by atoms with E-state index in [2.05, 4.69) is 170 Å². The Labute approximate surface area is 276 Å². The van der Waals surface area contributed by atoms with Crippen LogP contribution in [-0.4, -0.2) is 0 Å². The van der Waals surface area contributed by atoms with Crippen LogP contribution in [0.25, 0.3) is 96.6 Å². The number of thiophene rings is 1. The van der Waals surface area contributed by atoms with Gasteiger partial charge in [-0.3, -0.25) is 0 Å². The molecule has 0 fully saturated rings. The molecule has 10 rings (SSSR count). The van der Waals surface area contributed by atoms with E-state index in [9.17, 15) is 0 Å². The second-order valence-corrected chi connectivity index (χ2v) is 13.4. The van der Waals surface area contributed by atoms with Gasteiger partial charge in [0.05, 0.1) is 0 Å². The molecule has 0 aliphatic heterocycles. The molecular weight excluding hydrogens is 585 g/mol. The molecule has 0 nitrogen and oxygen atoms in total. The highest BCUT2D eigenvalue weighted by atomic mass is 32.1. The van der Waals surface area contributed by atoms with E-state index in [0.717, 1.165) is 0 Å². The van der Waals surface area contributed by atoms with E-state index in [1.165, 1.54) is 96.6 Å². The number of hydrogen-bond acceptors (Lipinski definition) is 1. The Bertz CT molecular complexity index is 2780. The van der Waals surface area contributed by atoms with Crippen molar-refractivity contribution in [2.45, 2.75) is 0 Å². The molecule has 0 amide bonds. The summed E-state index contributed by atoms with van der Waals surface area (Å²) in [5.41, 5.74) is 7.72. The van der Waals surface area contributed by atoms with Gasteiger partial charge in [0, 0.05) is 25.7 Å². The van der Waals surface area contributed by atoms with Gasteiger partial charge in [0.1, 0.15) is 0 Å². The molecule has 0 aliphatic carbocycles. The molecule has 218 valence electrons. The van der Waals surface area contributed by atoms with Crippen molar-refractivity contribution in [3.8, 4) is 33.4 Å². The second-order valence-electron chi connectivity index (χ2n) is 12.4. The van der Waals surface area contributed by atoms with E-state index in [-0.39, 0.29) is 0 Å². The molecule has 10 aromatic rings. The van der Waals surface area contributed by atoms with Gasteiger partial charge in [0.15, 0.2) is 0 Å². The average molecular weight is 613 g/mol. The third-order valence-corrected chi connectivity index (χ3v) is 11.1. The lowest BCUT2D eigenvalue weighted by atomic mass is 9.83. The van der Waals surface area contributed by atoms with Gasteiger partial charge in [0.2, 0.25) is 0 Å². The summed E-state index contributed by atoms with van der Waals surface area (Å²) >= 11 is 1.91. The van der Waals surface area contributed by atoms with Crippen molar-refractivity contribution in [1.82, 2.24) is 0 Å². The van der Waals surface area contributed by atoms with Gasteiger partial charge in [0.25, 0.3) is 0 Å². The first-order valence-electron chi connectivity index (χ1n) is 16.2. The van der Waals surface area contributed by atoms with Crippen molar-refractivity contribution in [2.75, 3.05) is 0 Å². The third-order valence-electron chi connectivity index (χ3n) is 9.85. The van der Waals surface area contributed by atoms with Gasteiger partial charge in [-0.1, -0.05) is 158 Å². The second kappa shape index (κ2) is 10.4. The Hall–Kier alpha value is -5.76. The first-order chi connectivity index (χ1) is 23.3. The summed E-state index contributed by atoms with van der Waals surface area (Å²) in [5.74, 6) is 0. The third kappa shape index (κ3) is 3.94. The fraction of sp³-hybridized carbons (Fsp3) is 0. The van der Waals surface area contributed by atoms with E-state index in [0.29, 0.717) is 0 Å². The highest BCUT2D eigenvalue weighted by Crippen LogP contribution is 2.49. The maximum atomic E-state index is 2.39. The number of rotatable bonds is 3. The summed E-state index contributed by atoms with van der Waals surface area (Å²) in [6.07, 6.45) is 0. The van der Waals surface area contributed by atoms with Crippen LogP contribution >= 0.6 is 11.3 Å². The summed E-state index contributed by atoms with van der Waals surface area (Å²) in [6.45, 7) is 0. The zero-order chi connectivity index (χ0) is 30.9. The largest absolute Gasteiger partial charge is 0.135 e. The molecule has 1 heterocycles. The molecular formula is C46H28S. The van der Waals surface area contributed by atoms with E-state index < -0.39 is 0 Å². The lowest BCUT2D eigenvalue weighted by molar-refractivity contribution is 1.66. The van der Waals surface area contributed by atoms with Crippen LogP contribution in [0.15, 0.2) is 170 Å². The van der Waals surface area contributed by atoms with Crippen LogP contribution < -0.4 is 0 Å². The zero-order valence-electron chi connectivity index (χ0n) is 25.6. The standard InChI is InChI=1S/C46H28S/c1-2-14-29(15-3-1)43-35-21-8-10-23-37(35)44(38-24-11-9-22-36(38)43)39-26-27-40(33-19-7-6-18-32(33)39)45-31-17-5-4-16-30(31)28-41-34-20-12-13-25-42(34)47-46(41)45/h1-28H. The highest BCUT2D eigenvalue weighted by Gasteiger charge is 2.21. The normalized spacial score (nSPS) is 11.8. The van der Waals surface area contributed by atoms with E-state index in [1.807, 2.05) is 11.3 Å². The molecule has 9 aromatic carbocycles. The first kappa shape index (κ1) is 26.5. The smallest absolute Gasteiger partial charge is 0.0440 e. The van der Waals surface area contributed by atoms with Gasteiger partial charge in [-0.2, -0.15) is 0 Å². The van der Waals surface area contributed by atoms with Crippen molar-refractivity contribution in [2.24, 2.45) is 0 Å². The Balaban J connectivity index is 1.33. The molecule has 47 heavy (non-hydrogen) atoms. The predicted octanol–water partition coefficient (Wildman–Crippen LogP) is 13.7. The molecule has 0 radical (unpaired) electrons. The Morgan fingerprint density at radius 2 is 0.766 bits per heavy atom. The summed E-state index contributed by atoms with van der Waals surface area (Å²) in [7, 11) is 0. The quantitative estimate of drug-likeness (QED) is 0.174. The zero-order valence-corrected chi connectivity index (χ0v) is 26.4. The molecule has 0 atom stereocenters. The van der Waals surface area contributed by atoms with E-state index in [1.54, 1.807) is 0 Å².